The Kier molecular flexibility index (Phi) is 5.32. The van der Waals surface area contributed by atoms with Gasteiger partial charge in [0.15, 0.2) is 0 Å². The highest BCUT2D eigenvalue weighted by atomic mass is 19.4. The number of aryl methyl sites for hydroxylation is 1. The van der Waals surface area contributed by atoms with Gasteiger partial charge in [-0.1, -0.05) is 12.1 Å². The SMILES string of the molecule is Cn1cnc2c(-c3ccc(OC(F)(F)F)cc3)cc(CCNC(=O)O)c(C#N)c21. The molecule has 3 rings (SSSR count). The monoisotopic (exact) mass is 404 g/mol. The smallest absolute Gasteiger partial charge is 0.465 e. The molecule has 0 aliphatic rings. The van der Waals surface area contributed by atoms with Gasteiger partial charge in [0.2, 0.25) is 0 Å². The lowest BCUT2D eigenvalue weighted by Gasteiger charge is -2.12. The molecular weight excluding hydrogens is 389 g/mol. The molecule has 0 spiro atoms. The second kappa shape index (κ2) is 7.71. The summed E-state index contributed by atoms with van der Waals surface area (Å²) in [7, 11) is 1.72. The fourth-order valence-corrected chi connectivity index (χ4v) is 3.07. The van der Waals surface area contributed by atoms with Gasteiger partial charge in [0, 0.05) is 19.2 Å². The third kappa shape index (κ3) is 4.40. The Bertz CT molecular complexity index is 1100. The standard InChI is InChI=1S/C19H15F3N4O3/c1-26-10-25-16-14(11-2-4-13(5-3-11)29-19(20,21)22)8-12(6-7-24-18(27)28)15(9-23)17(16)26/h2-5,8,10,24H,6-7H2,1H3,(H,27,28). The van der Waals surface area contributed by atoms with Crippen LogP contribution < -0.4 is 10.1 Å². The van der Waals surface area contributed by atoms with Gasteiger partial charge in [-0.05, 0) is 35.7 Å². The lowest BCUT2D eigenvalue weighted by atomic mass is 9.95. The second-order valence-corrected chi connectivity index (χ2v) is 6.18. The Balaban J connectivity index is 2.07. The van der Waals surface area contributed by atoms with Crippen LogP contribution in [0.2, 0.25) is 0 Å². The minimum atomic E-state index is -4.78. The summed E-state index contributed by atoms with van der Waals surface area (Å²) in [5, 5.41) is 20.6. The van der Waals surface area contributed by atoms with Crippen molar-refractivity contribution in [3.8, 4) is 22.9 Å². The average Bonchev–Trinajstić information content (AvgIpc) is 3.02. The number of benzene rings is 2. The van der Waals surface area contributed by atoms with Crippen LogP contribution in [0.25, 0.3) is 22.2 Å². The van der Waals surface area contributed by atoms with Crippen molar-refractivity contribution in [1.29, 1.82) is 5.26 Å². The summed E-state index contributed by atoms with van der Waals surface area (Å²) >= 11 is 0. The van der Waals surface area contributed by atoms with Crippen LogP contribution in [0.5, 0.6) is 5.75 Å². The highest BCUT2D eigenvalue weighted by Crippen LogP contribution is 2.34. The number of amides is 1. The fourth-order valence-electron chi connectivity index (χ4n) is 3.07. The van der Waals surface area contributed by atoms with Crippen LogP contribution in [0.3, 0.4) is 0 Å². The van der Waals surface area contributed by atoms with Gasteiger partial charge >= 0.3 is 12.5 Å². The van der Waals surface area contributed by atoms with Gasteiger partial charge in [-0.3, -0.25) is 0 Å². The molecule has 1 amide bonds. The molecule has 10 heteroatoms. The number of fused-ring (bicyclic) bond motifs is 1. The minimum Gasteiger partial charge on any atom is -0.465 e. The van der Waals surface area contributed by atoms with Gasteiger partial charge in [0.05, 0.1) is 22.9 Å². The average molecular weight is 404 g/mol. The predicted octanol–water partition coefficient (Wildman–Crippen LogP) is 3.82. The van der Waals surface area contributed by atoms with Gasteiger partial charge in [-0.25, -0.2) is 9.78 Å². The van der Waals surface area contributed by atoms with Gasteiger partial charge in [0.25, 0.3) is 0 Å². The number of aromatic nitrogens is 2. The van der Waals surface area contributed by atoms with E-state index in [1.54, 1.807) is 17.7 Å². The summed E-state index contributed by atoms with van der Waals surface area (Å²) in [6.45, 7) is 0.102. The molecule has 0 radical (unpaired) electrons. The molecule has 2 N–H and O–H groups in total. The Hall–Kier alpha value is -3.74. The number of imidazole rings is 1. The number of carboxylic acid groups (broad SMARTS) is 1. The first-order chi connectivity index (χ1) is 13.7. The van der Waals surface area contributed by atoms with E-state index < -0.39 is 12.5 Å². The second-order valence-electron chi connectivity index (χ2n) is 6.18. The molecule has 0 fully saturated rings. The Morgan fingerprint density at radius 2 is 2.03 bits per heavy atom. The number of hydrogen-bond donors (Lipinski definition) is 2. The van der Waals surface area contributed by atoms with Crippen molar-refractivity contribution in [3.63, 3.8) is 0 Å². The summed E-state index contributed by atoms with van der Waals surface area (Å²) in [5.74, 6) is -0.349. The number of rotatable bonds is 5. The molecule has 3 aromatic rings. The maximum Gasteiger partial charge on any atom is 0.573 e. The summed E-state index contributed by atoms with van der Waals surface area (Å²) in [4.78, 5) is 15.0. The number of nitrogens with one attached hydrogen (secondary N) is 1. The molecule has 7 nitrogen and oxygen atoms in total. The Morgan fingerprint density at radius 1 is 1.34 bits per heavy atom. The van der Waals surface area contributed by atoms with Crippen LogP contribution in [-0.2, 0) is 13.5 Å². The molecule has 0 aliphatic carbocycles. The zero-order valence-corrected chi connectivity index (χ0v) is 15.1. The molecule has 2 aromatic carbocycles. The maximum atomic E-state index is 12.4. The minimum absolute atomic E-state index is 0.102. The fraction of sp³-hybridized carbons (Fsp3) is 0.211. The van der Waals surface area contributed by atoms with E-state index in [9.17, 15) is 23.2 Å². The highest BCUT2D eigenvalue weighted by molar-refractivity contribution is 5.96. The van der Waals surface area contributed by atoms with Gasteiger partial charge in [0.1, 0.15) is 11.8 Å². The van der Waals surface area contributed by atoms with Crippen molar-refractivity contribution in [2.75, 3.05) is 6.54 Å². The summed E-state index contributed by atoms with van der Waals surface area (Å²) in [6, 6.07) is 9.17. The largest absolute Gasteiger partial charge is 0.573 e. The number of hydrogen-bond acceptors (Lipinski definition) is 4. The molecule has 0 aliphatic heterocycles. The first-order valence-corrected chi connectivity index (χ1v) is 8.39. The van der Waals surface area contributed by atoms with E-state index in [0.717, 1.165) is 0 Å². The molecule has 0 unspecified atom stereocenters. The van der Waals surface area contributed by atoms with Crippen LogP contribution in [0.15, 0.2) is 36.7 Å². The summed E-state index contributed by atoms with van der Waals surface area (Å²) in [6.07, 6.45) is -4.16. The zero-order valence-electron chi connectivity index (χ0n) is 15.1. The van der Waals surface area contributed by atoms with Gasteiger partial charge < -0.3 is 19.7 Å². The van der Waals surface area contributed by atoms with Crippen LogP contribution >= 0.6 is 0 Å². The van der Waals surface area contributed by atoms with Crippen molar-refractivity contribution < 1.29 is 27.8 Å². The molecule has 29 heavy (non-hydrogen) atoms. The van der Waals surface area contributed by atoms with E-state index in [0.29, 0.717) is 33.3 Å². The van der Waals surface area contributed by atoms with Crippen LogP contribution in [-0.4, -0.2) is 33.7 Å². The molecular formula is C19H15F3N4O3. The van der Waals surface area contributed by atoms with Gasteiger partial charge in [-0.2, -0.15) is 5.26 Å². The Labute approximate surface area is 163 Å². The van der Waals surface area contributed by atoms with E-state index >= 15 is 0 Å². The van der Waals surface area contributed by atoms with Crippen LogP contribution in [0, 0.1) is 11.3 Å². The van der Waals surface area contributed by atoms with Crippen molar-refractivity contribution in [2.24, 2.45) is 7.05 Å². The predicted molar refractivity (Wildman–Crippen MR) is 97.3 cm³/mol. The number of alkyl halides is 3. The molecule has 0 atom stereocenters. The van der Waals surface area contributed by atoms with Crippen LogP contribution in [0.1, 0.15) is 11.1 Å². The summed E-state index contributed by atoms with van der Waals surface area (Å²) in [5.41, 5.74) is 3.24. The maximum absolute atomic E-state index is 12.4. The van der Waals surface area contributed by atoms with Crippen molar-refractivity contribution in [3.05, 3.63) is 47.8 Å². The van der Waals surface area contributed by atoms with E-state index in [1.165, 1.54) is 30.6 Å². The van der Waals surface area contributed by atoms with E-state index in [4.69, 9.17) is 5.11 Å². The normalized spacial score (nSPS) is 11.3. The number of halogens is 3. The number of carbonyl (C=O) groups is 1. The number of nitrogens with zero attached hydrogens (tertiary/aromatic N) is 3. The number of ether oxygens (including phenoxy) is 1. The van der Waals surface area contributed by atoms with E-state index in [1.807, 2.05) is 0 Å². The van der Waals surface area contributed by atoms with E-state index in [-0.39, 0.29) is 18.7 Å². The third-order valence-electron chi connectivity index (χ3n) is 4.25. The molecule has 150 valence electrons. The lowest BCUT2D eigenvalue weighted by Crippen LogP contribution is -2.23. The zero-order chi connectivity index (χ0) is 21.2. The molecule has 0 saturated heterocycles. The van der Waals surface area contributed by atoms with E-state index in [2.05, 4.69) is 21.1 Å². The van der Waals surface area contributed by atoms with Crippen molar-refractivity contribution in [2.45, 2.75) is 12.8 Å². The number of nitriles is 1. The van der Waals surface area contributed by atoms with Crippen molar-refractivity contribution in [1.82, 2.24) is 14.9 Å². The quantitative estimate of drug-likeness (QED) is 0.673. The molecule has 1 aromatic heterocycles. The topological polar surface area (TPSA) is 100 Å². The third-order valence-corrected chi connectivity index (χ3v) is 4.25. The van der Waals surface area contributed by atoms with Gasteiger partial charge in [-0.15, -0.1) is 13.2 Å². The first kappa shape index (κ1) is 20.0. The van der Waals surface area contributed by atoms with Crippen LogP contribution in [0.4, 0.5) is 18.0 Å². The molecule has 0 saturated carbocycles. The molecule has 0 bridgehead atoms. The molecule has 1 heterocycles. The highest BCUT2D eigenvalue weighted by Gasteiger charge is 2.31. The lowest BCUT2D eigenvalue weighted by molar-refractivity contribution is -0.274. The van der Waals surface area contributed by atoms with Crippen molar-refractivity contribution >= 4 is 17.1 Å². The Morgan fingerprint density at radius 3 is 2.62 bits per heavy atom. The first-order valence-electron chi connectivity index (χ1n) is 8.39. The summed E-state index contributed by atoms with van der Waals surface area (Å²) < 4.78 is 42.7.